The fraction of sp³-hybridized carbons (Fsp3) is 0.731. The van der Waals surface area contributed by atoms with Gasteiger partial charge in [-0.25, -0.2) is 0 Å². The summed E-state index contributed by atoms with van der Waals surface area (Å²) in [5.41, 5.74) is 0. The molecule has 0 aromatic rings. The second-order valence-electron chi connectivity index (χ2n) is 9.70. The zero-order valence-corrected chi connectivity index (χ0v) is 25.9. The van der Waals surface area contributed by atoms with Crippen LogP contribution in [0.3, 0.4) is 0 Å². The first kappa shape index (κ1) is 37.6. The van der Waals surface area contributed by atoms with Gasteiger partial charge in [0.05, 0.1) is 0 Å². The zero-order valence-electron chi connectivity index (χ0n) is 25.2. The van der Waals surface area contributed by atoms with Crippen molar-refractivity contribution in [3.63, 3.8) is 0 Å². The molecular weight excluding hydrogens is 636 g/mol. The third-order valence-electron chi connectivity index (χ3n) is 5.98. The average Bonchev–Trinajstić information content (AvgIpc) is 2.91. The van der Waals surface area contributed by atoms with Crippen molar-refractivity contribution in [1.29, 1.82) is 0 Å². The number of hydrogen-bond acceptors (Lipinski definition) is 18. The quantitative estimate of drug-likeness (QED) is 0.146. The molecule has 0 radical (unpaired) electrons. The van der Waals surface area contributed by atoms with E-state index in [9.17, 15) is 38.7 Å². The summed E-state index contributed by atoms with van der Waals surface area (Å²) < 4.78 is 54.1. The largest absolute Gasteiger partial charge is 0.463 e. The van der Waals surface area contributed by atoms with Gasteiger partial charge in [0, 0.05) is 41.5 Å². The smallest absolute Gasteiger partial charge is 0.321 e. The molecule has 2 fully saturated rings. The average molecular weight is 671 g/mol. The van der Waals surface area contributed by atoms with E-state index in [0.29, 0.717) is 0 Å². The van der Waals surface area contributed by atoms with Crippen LogP contribution in [-0.4, -0.2) is 127 Å². The van der Waals surface area contributed by atoms with E-state index in [2.05, 4.69) is 0 Å². The molecule has 0 bridgehead atoms. The third-order valence-corrected chi connectivity index (χ3v) is 6.20. The van der Waals surface area contributed by atoms with Gasteiger partial charge in [0.1, 0.15) is 37.4 Å². The molecular formula is C26H35ClO18. The Morgan fingerprint density at radius 2 is 0.978 bits per heavy atom. The standard InChI is InChI=1S/C26H35ClO18/c1-10(28)36-8-16-19(38-12(3)30)21(23(25(35)42-16)40-14(5)32)45-26-24(41-15(6)33)22(44-18(34)7-27)20(39-13(4)31)17(43-26)9-37-11(2)29/h16-17,19-26,35H,7-9H2,1-6H3/t16-,17-,19-,20-,21+,22+,23-,24-,25+,26+/m1/s1. The van der Waals surface area contributed by atoms with Crippen molar-refractivity contribution in [2.45, 2.75) is 103 Å². The van der Waals surface area contributed by atoms with Gasteiger partial charge in [-0.05, 0) is 0 Å². The highest BCUT2D eigenvalue weighted by Gasteiger charge is 2.57. The van der Waals surface area contributed by atoms with Crippen LogP contribution in [0.15, 0.2) is 0 Å². The van der Waals surface area contributed by atoms with Crippen molar-refractivity contribution in [3.05, 3.63) is 0 Å². The molecule has 0 aromatic carbocycles. The van der Waals surface area contributed by atoms with Crippen molar-refractivity contribution in [2.75, 3.05) is 19.1 Å². The predicted molar refractivity (Wildman–Crippen MR) is 140 cm³/mol. The highest BCUT2D eigenvalue weighted by molar-refractivity contribution is 6.26. The van der Waals surface area contributed by atoms with Gasteiger partial charge in [0.25, 0.3) is 0 Å². The lowest BCUT2D eigenvalue weighted by Gasteiger charge is -2.48. The minimum absolute atomic E-state index is 0.574. The minimum Gasteiger partial charge on any atom is -0.463 e. The van der Waals surface area contributed by atoms with E-state index < -0.39 is 122 Å². The number of ether oxygens (including phenoxy) is 10. The van der Waals surface area contributed by atoms with Crippen molar-refractivity contribution >= 4 is 53.4 Å². The van der Waals surface area contributed by atoms with Crippen LogP contribution in [0.4, 0.5) is 0 Å². The number of carbonyl (C=O) groups excluding carboxylic acids is 7. The van der Waals surface area contributed by atoms with Gasteiger partial charge in [-0.2, -0.15) is 0 Å². The first-order chi connectivity index (χ1) is 21.0. The van der Waals surface area contributed by atoms with Gasteiger partial charge in [0.2, 0.25) is 0 Å². The number of hydrogen-bond donors (Lipinski definition) is 1. The van der Waals surface area contributed by atoms with Gasteiger partial charge < -0.3 is 52.5 Å². The Labute approximate surface area is 261 Å². The van der Waals surface area contributed by atoms with E-state index in [1.54, 1.807) is 0 Å². The lowest BCUT2D eigenvalue weighted by molar-refractivity contribution is -0.357. The van der Waals surface area contributed by atoms with E-state index in [-0.39, 0.29) is 0 Å². The van der Waals surface area contributed by atoms with E-state index in [1.165, 1.54) is 0 Å². The summed E-state index contributed by atoms with van der Waals surface area (Å²) in [7, 11) is 0. The number of halogens is 1. The van der Waals surface area contributed by atoms with E-state index in [1.807, 2.05) is 0 Å². The summed E-state index contributed by atoms with van der Waals surface area (Å²) in [5, 5.41) is 10.8. The van der Waals surface area contributed by atoms with Crippen molar-refractivity contribution in [2.24, 2.45) is 0 Å². The topological polar surface area (TPSA) is 232 Å². The van der Waals surface area contributed by atoms with Crippen LogP contribution in [0.25, 0.3) is 0 Å². The monoisotopic (exact) mass is 670 g/mol. The van der Waals surface area contributed by atoms with Crippen LogP contribution < -0.4 is 0 Å². The van der Waals surface area contributed by atoms with Gasteiger partial charge in [-0.1, -0.05) is 0 Å². The number of rotatable bonds is 12. The molecule has 254 valence electrons. The Balaban J connectivity index is 2.68. The van der Waals surface area contributed by atoms with Crippen LogP contribution in [0.1, 0.15) is 41.5 Å². The summed E-state index contributed by atoms with van der Waals surface area (Å²) in [4.78, 5) is 83.9. The minimum atomic E-state index is -1.96. The maximum atomic E-state index is 12.4. The van der Waals surface area contributed by atoms with Crippen molar-refractivity contribution in [1.82, 2.24) is 0 Å². The second-order valence-corrected chi connectivity index (χ2v) is 9.97. The molecule has 2 aliphatic heterocycles. The second kappa shape index (κ2) is 17.2. The first-order valence-corrected chi connectivity index (χ1v) is 13.9. The summed E-state index contributed by atoms with van der Waals surface area (Å²) >= 11 is 5.63. The highest BCUT2D eigenvalue weighted by Crippen LogP contribution is 2.35. The fourth-order valence-electron chi connectivity index (χ4n) is 4.48. The van der Waals surface area contributed by atoms with E-state index in [0.717, 1.165) is 41.5 Å². The Hall–Kier alpha value is -3.58. The molecule has 0 spiro atoms. The molecule has 2 saturated heterocycles. The molecule has 2 heterocycles. The zero-order chi connectivity index (χ0) is 34.0. The van der Waals surface area contributed by atoms with Gasteiger partial charge in [0.15, 0.2) is 43.1 Å². The van der Waals surface area contributed by atoms with Gasteiger partial charge >= 0.3 is 41.8 Å². The van der Waals surface area contributed by atoms with Gasteiger partial charge in [-0.15, -0.1) is 11.6 Å². The number of alkyl halides is 1. The van der Waals surface area contributed by atoms with Crippen LogP contribution in [-0.2, 0) is 80.9 Å². The van der Waals surface area contributed by atoms with E-state index >= 15 is 0 Å². The highest BCUT2D eigenvalue weighted by atomic mass is 35.5. The lowest BCUT2D eigenvalue weighted by Crippen LogP contribution is -2.67. The molecule has 2 rings (SSSR count). The van der Waals surface area contributed by atoms with Crippen LogP contribution in [0, 0.1) is 0 Å². The molecule has 0 unspecified atom stereocenters. The van der Waals surface area contributed by atoms with E-state index in [4.69, 9.17) is 59.0 Å². The summed E-state index contributed by atoms with van der Waals surface area (Å²) in [6.07, 6.45) is -16.8. The summed E-state index contributed by atoms with van der Waals surface area (Å²) in [6, 6.07) is 0. The lowest BCUT2D eigenvalue weighted by atomic mass is 9.96. The molecule has 0 saturated carbocycles. The molecule has 10 atom stereocenters. The van der Waals surface area contributed by atoms with Crippen LogP contribution in [0.2, 0.25) is 0 Å². The molecule has 1 N–H and O–H groups in total. The number of aliphatic hydroxyl groups excluding tert-OH is 1. The fourth-order valence-corrected chi connectivity index (χ4v) is 4.54. The molecule has 0 aliphatic carbocycles. The number of carbonyl (C=O) groups is 7. The van der Waals surface area contributed by atoms with Crippen molar-refractivity contribution < 1.29 is 86.0 Å². The number of aliphatic hydroxyl groups is 1. The van der Waals surface area contributed by atoms with Crippen molar-refractivity contribution in [3.8, 4) is 0 Å². The Bertz CT molecular complexity index is 1110. The Morgan fingerprint density at radius 1 is 0.556 bits per heavy atom. The third kappa shape index (κ3) is 11.4. The SMILES string of the molecule is CC(=O)OC[C@H]1O[C@H](O)[C@H](OC(C)=O)[C@@H](O[C@@H]2O[C@H](COC(C)=O)[C@@H](OC(C)=O)[C@H](OC(=O)CCl)[C@H]2OC(C)=O)[C@@H]1OC(C)=O. The Morgan fingerprint density at radius 3 is 1.42 bits per heavy atom. The number of esters is 7. The summed E-state index contributed by atoms with van der Waals surface area (Å²) in [6.45, 7) is 4.99. The maximum Gasteiger partial charge on any atom is 0.321 e. The Kier molecular flexibility index (Phi) is 14.4. The molecule has 19 heteroatoms. The summed E-state index contributed by atoms with van der Waals surface area (Å²) in [5.74, 6) is -6.97. The first-order valence-electron chi connectivity index (χ1n) is 13.4. The molecule has 2 aliphatic rings. The molecule has 0 aromatic heterocycles. The van der Waals surface area contributed by atoms with Crippen LogP contribution >= 0.6 is 11.6 Å². The van der Waals surface area contributed by atoms with Gasteiger partial charge in [-0.3, -0.25) is 33.6 Å². The normalized spacial score (nSPS) is 31.0. The molecule has 45 heavy (non-hydrogen) atoms. The molecule has 18 nitrogen and oxygen atoms in total. The van der Waals surface area contributed by atoms with Crippen LogP contribution in [0.5, 0.6) is 0 Å². The molecule has 0 amide bonds. The maximum absolute atomic E-state index is 12.4. The predicted octanol–water partition coefficient (Wildman–Crippen LogP) is -1.18.